The molecule has 2 aromatic heterocycles. The van der Waals surface area contributed by atoms with Crippen LogP contribution in [0.4, 0.5) is 0 Å². The van der Waals surface area contributed by atoms with Crippen molar-refractivity contribution in [1.82, 2.24) is 9.97 Å². The summed E-state index contributed by atoms with van der Waals surface area (Å²) < 4.78 is 23.1. The molecule has 104 valence electrons. The maximum Gasteiger partial charge on any atom is 0.175 e. The molecule has 0 saturated heterocycles. The quantitative estimate of drug-likeness (QED) is 0.808. The summed E-state index contributed by atoms with van der Waals surface area (Å²) in [7, 11) is -3.19. The Morgan fingerprint density at radius 3 is 2.70 bits per heavy atom. The zero-order chi connectivity index (χ0) is 14.3. The highest BCUT2D eigenvalue weighted by Gasteiger charge is 2.11. The van der Waals surface area contributed by atoms with E-state index in [1.807, 2.05) is 6.07 Å². The first-order chi connectivity index (χ1) is 9.47. The lowest BCUT2D eigenvalue weighted by molar-refractivity contribution is 0.602. The molecule has 20 heavy (non-hydrogen) atoms. The minimum absolute atomic E-state index is 0.306. The van der Waals surface area contributed by atoms with E-state index in [1.54, 1.807) is 29.5 Å². The minimum Gasteiger partial charge on any atom is -0.337 e. The van der Waals surface area contributed by atoms with Crippen molar-refractivity contribution in [2.24, 2.45) is 0 Å². The Balaban J connectivity index is 2.11. The van der Waals surface area contributed by atoms with Crippen molar-refractivity contribution in [3.05, 3.63) is 35.2 Å². The predicted molar refractivity (Wildman–Crippen MR) is 81.9 cm³/mol. The van der Waals surface area contributed by atoms with Gasteiger partial charge in [-0.1, -0.05) is 6.92 Å². The molecule has 0 amide bonds. The Morgan fingerprint density at radius 2 is 2.05 bits per heavy atom. The van der Waals surface area contributed by atoms with Crippen LogP contribution in [0.15, 0.2) is 35.2 Å². The summed E-state index contributed by atoms with van der Waals surface area (Å²) in [5.74, 6) is 0.787. The Kier molecular flexibility index (Phi) is 3.14. The minimum atomic E-state index is -3.19. The Labute approximate surface area is 121 Å². The maximum absolute atomic E-state index is 11.6. The van der Waals surface area contributed by atoms with Crippen molar-refractivity contribution in [3.63, 3.8) is 0 Å². The molecule has 0 saturated carbocycles. The first-order valence-electron chi connectivity index (χ1n) is 6.26. The van der Waals surface area contributed by atoms with Gasteiger partial charge in [-0.3, -0.25) is 0 Å². The number of imidazole rings is 1. The Bertz CT molecular complexity index is 876. The molecule has 0 radical (unpaired) electrons. The van der Waals surface area contributed by atoms with E-state index in [2.05, 4.69) is 23.0 Å². The first-order valence-corrected chi connectivity index (χ1v) is 8.97. The molecule has 2 heterocycles. The second-order valence-corrected chi connectivity index (χ2v) is 7.84. The van der Waals surface area contributed by atoms with E-state index >= 15 is 0 Å². The number of sulfone groups is 1. The number of nitrogens with zero attached hydrogens (tertiary/aromatic N) is 1. The zero-order valence-electron chi connectivity index (χ0n) is 11.2. The van der Waals surface area contributed by atoms with Crippen molar-refractivity contribution in [2.45, 2.75) is 18.2 Å². The van der Waals surface area contributed by atoms with E-state index in [4.69, 9.17) is 0 Å². The molecule has 0 unspecified atom stereocenters. The highest BCUT2D eigenvalue weighted by Crippen LogP contribution is 2.28. The third-order valence-corrected chi connectivity index (χ3v) is 5.47. The predicted octanol–water partition coefficient (Wildman–Crippen LogP) is 3.26. The summed E-state index contributed by atoms with van der Waals surface area (Å²) in [6.45, 7) is 2.12. The van der Waals surface area contributed by atoms with Crippen LogP contribution in [0.5, 0.6) is 0 Å². The molecule has 4 nitrogen and oxygen atoms in total. The smallest absolute Gasteiger partial charge is 0.175 e. The zero-order valence-corrected chi connectivity index (χ0v) is 12.8. The monoisotopic (exact) mass is 306 g/mol. The van der Waals surface area contributed by atoms with Crippen molar-refractivity contribution in [2.75, 3.05) is 6.26 Å². The van der Waals surface area contributed by atoms with E-state index in [0.29, 0.717) is 4.90 Å². The van der Waals surface area contributed by atoms with E-state index in [0.717, 1.165) is 28.2 Å². The summed E-state index contributed by atoms with van der Waals surface area (Å²) in [6.07, 6.45) is 2.21. The lowest BCUT2D eigenvalue weighted by Gasteiger charge is -1.96. The lowest BCUT2D eigenvalue weighted by Crippen LogP contribution is -1.96. The third-order valence-electron chi connectivity index (χ3n) is 3.13. The van der Waals surface area contributed by atoms with Gasteiger partial charge in [0.15, 0.2) is 9.84 Å². The number of rotatable bonds is 3. The summed E-state index contributed by atoms with van der Waals surface area (Å²) >= 11 is 1.70. The van der Waals surface area contributed by atoms with Crippen LogP contribution < -0.4 is 0 Å². The SMILES string of the molecule is CCc1ccc(-c2nc3ccc(S(C)(=O)=O)cc3[nH]2)s1. The number of aromatic amines is 1. The second-order valence-electron chi connectivity index (χ2n) is 4.66. The molecule has 3 rings (SSSR count). The molecule has 3 aromatic rings. The van der Waals surface area contributed by atoms with Gasteiger partial charge in [-0.2, -0.15) is 0 Å². The number of H-pyrrole nitrogens is 1. The standard InChI is InChI=1S/C14H14N2O2S2/c1-3-9-4-7-13(19-9)14-15-11-6-5-10(20(2,17)18)8-12(11)16-14/h4-8H,3H2,1-2H3,(H,15,16). The number of aromatic nitrogens is 2. The van der Waals surface area contributed by atoms with Crippen LogP contribution in [0.2, 0.25) is 0 Å². The Morgan fingerprint density at radius 1 is 1.25 bits per heavy atom. The van der Waals surface area contributed by atoms with Crippen molar-refractivity contribution in [1.29, 1.82) is 0 Å². The molecule has 0 spiro atoms. The fourth-order valence-corrected chi connectivity index (χ4v) is 3.57. The molecule has 6 heteroatoms. The Hall–Kier alpha value is -1.66. The summed E-state index contributed by atoms with van der Waals surface area (Å²) in [6, 6.07) is 9.09. The average Bonchev–Trinajstić information content (AvgIpc) is 3.02. The molecular weight excluding hydrogens is 292 g/mol. The fourth-order valence-electron chi connectivity index (χ4n) is 2.03. The number of fused-ring (bicyclic) bond motifs is 1. The van der Waals surface area contributed by atoms with Crippen LogP contribution in [0, 0.1) is 0 Å². The maximum atomic E-state index is 11.6. The number of nitrogens with one attached hydrogen (secondary N) is 1. The first kappa shape index (κ1) is 13.3. The van der Waals surface area contributed by atoms with Crippen LogP contribution in [0.1, 0.15) is 11.8 Å². The van der Waals surface area contributed by atoms with Crippen LogP contribution in [-0.2, 0) is 16.3 Å². The number of hydrogen-bond donors (Lipinski definition) is 1. The molecule has 1 aromatic carbocycles. The van der Waals surface area contributed by atoms with Gasteiger partial charge in [0, 0.05) is 11.1 Å². The third kappa shape index (κ3) is 2.36. The van der Waals surface area contributed by atoms with E-state index in [1.165, 1.54) is 11.1 Å². The number of hydrogen-bond acceptors (Lipinski definition) is 4. The number of aryl methyl sites for hydroxylation is 1. The van der Waals surface area contributed by atoms with Crippen LogP contribution in [-0.4, -0.2) is 24.6 Å². The van der Waals surface area contributed by atoms with Gasteiger partial charge in [0.1, 0.15) is 5.82 Å². The highest BCUT2D eigenvalue weighted by molar-refractivity contribution is 7.90. The molecule has 0 aliphatic rings. The van der Waals surface area contributed by atoms with Crippen LogP contribution in [0.3, 0.4) is 0 Å². The lowest BCUT2D eigenvalue weighted by atomic mass is 10.3. The van der Waals surface area contributed by atoms with Crippen LogP contribution >= 0.6 is 11.3 Å². The average molecular weight is 306 g/mol. The van der Waals surface area contributed by atoms with E-state index < -0.39 is 9.84 Å². The second kappa shape index (κ2) is 4.71. The number of thiophene rings is 1. The molecule has 0 aliphatic carbocycles. The summed E-state index contributed by atoms with van der Waals surface area (Å²) in [5.41, 5.74) is 1.52. The van der Waals surface area contributed by atoms with Gasteiger partial charge in [0.05, 0.1) is 20.8 Å². The van der Waals surface area contributed by atoms with E-state index in [9.17, 15) is 8.42 Å². The van der Waals surface area contributed by atoms with Gasteiger partial charge < -0.3 is 4.98 Å². The van der Waals surface area contributed by atoms with Gasteiger partial charge in [0.25, 0.3) is 0 Å². The topological polar surface area (TPSA) is 62.8 Å². The summed E-state index contributed by atoms with van der Waals surface area (Å²) in [5, 5.41) is 0. The molecule has 0 bridgehead atoms. The molecule has 1 N–H and O–H groups in total. The molecule has 0 aliphatic heterocycles. The fraction of sp³-hybridized carbons (Fsp3) is 0.214. The van der Waals surface area contributed by atoms with Crippen molar-refractivity contribution in [3.8, 4) is 10.7 Å². The molecular formula is C14H14N2O2S2. The highest BCUT2D eigenvalue weighted by atomic mass is 32.2. The normalized spacial score (nSPS) is 12.1. The van der Waals surface area contributed by atoms with E-state index in [-0.39, 0.29) is 0 Å². The number of benzene rings is 1. The summed E-state index contributed by atoms with van der Waals surface area (Å²) in [4.78, 5) is 10.4. The largest absolute Gasteiger partial charge is 0.337 e. The molecule has 0 fully saturated rings. The van der Waals surface area contributed by atoms with Gasteiger partial charge in [-0.15, -0.1) is 11.3 Å². The van der Waals surface area contributed by atoms with Gasteiger partial charge in [-0.05, 0) is 36.8 Å². The van der Waals surface area contributed by atoms with Crippen molar-refractivity contribution < 1.29 is 8.42 Å². The van der Waals surface area contributed by atoms with Gasteiger partial charge in [-0.25, -0.2) is 13.4 Å². The molecule has 0 atom stereocenters. The van der Waals surface area contributed by atoms with Crippen LogP contribution in [0.25, 0.3) is 21.7 Å². The van der Waals surface area contributed by atoms with Gasteiger partial charge >= 0.3 is 0 Å². The van der Waals surface area contributed by atoms with Gasteiger partial charge in [0.2, 0.25) is 0 Å². The van der Waals surface area contributed by atoms with Crippen molar-refractivity contribution >= 4 is 32.2 Å².